The first-order valence-electron chi connectivity index (χ1n) is 6.01. The molecular weight excluding hydrogens is 230 g/mol. The van der Waals surface area contributed by atoms with Crippen LogP contribution in [0.5, 0.6) is 0 Å². The Balaban J connectivity index is 2.84. The van der Waals surface area contributed by atoms with Gasteiger partial charge in [-0.05, 0) is 40.2 Å². The molecular formula is C14H21NO3. The molecule has 18 heavy (non-hydrogen) atoms. The van der Waals surface area contributed by atoms with Crippen LogP contribution < -0.4 is 4.90 Å². The van der Waals surface area contributed by atoms with Gasteiger partial charge in [-0.25, -0.2) is 9.69 Å². The van der Waals surface area contributed by atoms with Crippen LogP contribution in [0.4, 0.5) is 10.7 Å². The first kappa shape index (κ1) is 14.4. The molecule has 0 atom stereocenters. The van der Waals surface area contributed by atoms with Crippen LogP contribution in [0, 0.1) is 6.92 Å². The van der Waals surface area contributed by atoms with E-state index in [9.17, 15) is 4.79 Å². The number of carbonyl (C=O) groups is 1. The van der Waals surface area contributed by atoms with Crippen LogP contribution >= 0.6 is 0 Å². The average molecular weight is 251 g/mol. The van der Waals surface area contributed by atoms with E-state index in [1.807, 2.05) is 33.8 Å². The molecule has 4 nitrogen and oxygen atoms in total. The van der Waals surface area contributed by atoms with E-state index in [2.05, 4.69) is 6.58 Å². The van der Waals surface area contributed by atoms with Crippen LogP contribution in [-0.2, 0) is 4.74 Å². The molecule has 0 saturated heterocycles. The molecule has 0 aliphatic heterocycles. The fraction of sp³-hybridized carbons (Fsp3) is 0.500. The van der Waals surface area contributed by atoms with Gasteiger partial charge in [-0.3, -0.25) is 0 Å². The summed E-state index contributed by atoms with van der Waals surface area (Å²) in [5.74, 6) is 1.26. The van der Waals surface area contributed by atoms with Gasteiger partial charge in [0.05, 0.1) is 0 Å². The van der Waals surface area contributed by atoms with Crippen LogP contribution in [0.25, 0.3) is 0 Å². The first-order valence-corrected chi connectivity index (χ1v) is 6.01. The molecule has 0 aliphatic carbocycles. The van der Waals surface area contributed by atoms with Crippen molar-refractivity contribution >= 4 is 12.0 Å². The number of hydrogen-bond acceptors (Lipinski definition) is 3. The Labute approximate surface area is 108 Å². The molecule has 0 unspecified atom stereocenters. The minimum absolute atomic E-state index is 0.404. The lowest BCUT2D eigenvalue weighted by atomic mass is 10.2. The summed E-state index contributed by atoms with van der Waals surface area (Å²) in [6.45, 7) is 11.5. The van der Waals surface area contributed by atoms with E-state index in [1.54, 1.807) is 12.1 Å². The van der Waals surface area contributed by atoms with Gasteiger partial charge >= 0.3 is 6.09 Å². The normalized spacial score (nSPS) is 11.1. The highest BCUT2D eigenvalue weighted by molar-refractivity contribution is 5.86. The van der Waals surface area contributed by atoms with Crippen molar-refractivity contribution in [3.63, 3.8) is 0 Å². The van der Waals surface area contributed by atoms with Crippen molar-refractivity contribution in [3.8, 4) is 0 Å². The molecule has 1 aromatic heterocycles. The maximum absolute atomic E-state index is 12.1. The second-order valence-corrected chi connectivity index (χ2v) is 5.09. The molecule has 100 valence electrons. The molecule has 0 aromatic carbocycles. The fourth-order valence-electron chi connectivity index (χ4n) is 1.40. The summed E-state index contributed by atoms with van der Waals surface area (Å²) < 4.78 is 10.8. The smallest absolute Gasteiger partial charge is 0.417 e. The van der Waals surface area contributed by atoms with Crippen molar-refractivity contribution in [3.05, 3.63) is 30.5 Å². The number of rotatable bonds is 4. The van der Waals surface area contributed by atoms with Crippen molar-refractivity contribution < 1.29 is 13.9 Å². The number of furan rings is 1. The summed E-state index contributed by atoms with van der Waals surface area (Å²) in [6.07, 6.45) is 2.03. The Morgan fingerprint density at radius 3 is 2.61 bits per heavy atom. The van der Waals surface area contributed by atoms with Gasteiger partial charge in [0.1, 0.15) is 11.4 Å². The van der Waals surface area contributed by atoms with Crippen molar-refractivity contribution in [1.82, 2.24) is 0 Å². The Bertz CT molecular complexity index is 415. The molecule has 1 heterocycles. The van der Waals surface area contributed by atoms with Crippen LogP contribution in [0.15, 0.2) is 29.2 Å². The van der Waals surface area contributed by atoms with E-state index >= 15 is 0 Å². The van der Waals surface area contributed by atoms with Crippen molar-refractivity contribution in [2.75, 3.05) is 11.4 Å². The first-order chi connectivity index (χ1) is 8.33. The Hall–Kier alpha value is -1.71. The number of anilines is 1. The Kier molecular flexibility index (Phi) is 4.59. The molecule has 4 heteroatoms. The summed E-state index contributed by atoms with van der Waals surface area (Å²) in [5.41, 5.74) is -0.523. The van der Waals surface area contributed by atoms with Crippen LogP contribution in [0.3, 0.4) is 0 Å². The van der Waals surface area contributed by atoms with Gasteiger partial charge in [0.15, 0.2) is 0 Å². The molecule has 0 N–H and O–H groups in total. The highest BCUT2D eigenvalue weighted by Gasteiger charge is 2.24. The Morgan fingerprint density at radius 1 is 1.50 bits per heavy atom. The molecule has 0 saturated carbocycles. The molecule has 1 aromatic rings. The monoisotopic (exact) mass is 251 g/mol. The molecule has 1 rings (SSSR count). The van der Waals surface area contributed by atoms with Crippen molar-refractivity contribution in [2.45, 2.75) is 39.7 Å². The molecule has 0 radical (unpaired) electrons. The van der Waals surface area contributed by atoms with E-state index in [-0.39, 0.29) is 0 Å². The molecule has 0 spiro atoms. The second kappa shape index (κ2) is 5.76. The predicted molar refractivity (Wildman–Crippen MR) is 71.8 cm³/mol. The summed E-state index contributed by atoms with van der Waals surface area (Å²) in [7, 11) is 0. The predicted octanol–water partition coefficient (Wildman–Crippen LogP) is 3.91. The SMILES string of the molecule is C=CCCN(C(=O)OC(C)(C)C)c1ccc(C)o1. The van der Waals surface area contributed by atoms with Crippen molar-refractivity contribution in [2.24, 2.45) is 0 Å². The Morgan fingerprint density at radius 2 is 2.17 bits per heavy atom. The second-order valence-electron chi connectivity index (χ2n) is 5.09. The quantitative estimate of drug-likeness (QED) is 0.762. The van der Waals surface area contributed by atoms with E-state index in [0.717, 1.165) is 5.76 Å². The third-order valence-electron chi connectivity index (χ3n) is 2.16. The largest absolute Gasteiger partial charge is 0.445 e. The van der Waals surface area contributed by atoms with E-state index < -0.39 is 11.7 Å². The molecule has 0 bridgehead atoms. The van der Waals surface area contributed by atoms with Crippen LogP contribution in [0.2, 0.25) is 0 Å². The number of aryl methyl sites for hydroxylation is 1. The van der Waals surface area contributed by atoms with Gasteiger partial charge < -0.3 is 9.15 Å². The van der Waals surface area contributed by atoms with Crippen LogP contribution in [0.1, 0.15) is 33.0 Å². The maximum atomic E-state index is 12.1. The zero-order valence-corrected chi connectivity index (χ0v) is 11.5. The standard InChI is InChI=1S/C14H21NO3/c1-6-7-10-15(12-9-8-11(2)17-12)13(16)18-14(3,4)5/h6,8-9H,1,7,10H2,2-5H3. The lowest BCUT2D eigenvalue weighted by molar-refractivity contribution is 0.0575. The van der Waals surface area contributed by atoms with Gasteiger partial charge in [-0.15, -0.1) is 6.58 Å². The highest BCUT2D eigenvalue weighted by Crippen LogP contribution is 2.21. The lowest BCUT2D eigenvalue weighted by Gasteiger charge is -2.25. The van der Waals surface area contributed by atoms with Gasteiger partial charge in [-0.1, -0.05) is 6.08 Å². The van der Waals surface area contributed by atoms with E-state index in [1.165, 1.54) is 4.90 Å². The van der Waals surface area contributed by atoms with Gasteiger partial charge in [0.2, 0.25) is 5.88 Å². The number of hydrogen-bond donors (Lipinski definition) is 0. The molecule has 0 aliphatic rings. The van der Waals surface area contributed by atoms with Gasteiger partial charge in [0, 0.05) is 12.6 Å². The topological polar surface area (TPSA) is 42.7 Å². The fourth-order valence-corrected chi connectivity index (χ4v) is 1.40. The highest BCUT2D eigenvalue weighted by atomic mass is 16.6. The average Bonchev–Trinajstić information content (AvgIpc) is 2.63. The molecule has 1 amide bonds. The van der Waals surface area contributed by atoms with Crippen LogP contribution in [-0.4, -0.2) is 18.2 Å². The number of carbonyl (C=O) groups excluding carboxylic acids is 1. The summed E-state index contributed by atoms with van der Waals surface area (Å²) in [6, 6.07) is 3.59. The third-order valence-corrected chi connectivity index (χ3v) is 2.16. The maximum Gasteiger partial charge on any atom is 0.417 e. The summed E-state index contributed by atoms with van der Waals surface area (Å²) in [4.78, 5) is 13.6. The number of ether oxygens (including phenoxy) is 1. The van der Waals surface area contributed by atoms with Crippen molar-refractivity contribution in [1.29, 1.82) is 0 Å². The van der Waals surface area contributed by atoms with Gasteiger partial charge in [-0.2, -0.15) is 0 Å². The van der Waals surface area contributed by atoms with E-state index in [4.69, 9.17) is 9.15 Å². The summed E-state index contributed by atoms with van der Waals surface area (Å²) >= 11 is 0. The minimum Gasteiger partial charge on any atom is -0.445 e. The minimum atomic E-state index is -0.523. The molecule has 0 fully saturated rings. The van der Waals surface area contributed by atoms with E-state index in [0.29, 0.717) is 18.8 Å². The zero-order valence-electron chi connectivity index (χ0n) is 11.5. The van der Waals surface area contributed by atoms with Gasteiger partial charge in [0.25, 0.3) is 0 Å². The number of amides is 1. The number of nitrogens with zero attached hydrogens (tertiary/aromatic N) is 1. The zero-order chi connectivity index (χ0) is 13.8. The summed E-state index contributed by atoms with van der Waals surface area (Å²) in [5, 5.41) is 0. The third kappa shape index (κ3) is 4.28. The lowest BCUT2D eigenvalue weighted by Crippen LogP contribution is -2.37.